The molecule has 0 saturated heterocycles. The zero-order chi connectivity index (χ0) is 19.7. The van der Waals surface area contributed by atoms with Crippen LogP contribution in [0.5, 0.6) is 0 Å². The largest absolute Gasteiger partial charge is 0.394 e. The van der Waals surface area contributed by atoms with E-state index < -0.39 is 62.0 Å². The molecule has 0 aliphatic rings. The maximum atomic E-state index is 10.1. The van der Waals surface area contributed by atoms with Crippen molar-refractivity contribution >= 4 is 0 Å². The van der Waals surface area contributed by atoms with Crippen molar-refractivity contribution in [2.45, 2.75) is 48.8 Å². The van der Waals surface area contributed by atoms with Crippen molar-refractivity contribution in [3.05, 3.63) is 0 Å². The molecular formula is C14H31NO10. The van der Waals surface area contributed by atoms with E-state index in [0.717, 1.165) is 0 Å². The minimum Gasteiger partial charge on any atom is -0.394 e. The van der Waals surface area contributed by atoms with Crippen LogP contribution in [0.2, 0.25) is 0 Å². The van der Waals surface area contributed by atoms with Gasteiger partial charge in [0, 0.05) is 20.2 Å². The standard InChI is InChI=1S/C14H31NO10/c1-15(3-7(18)11(22)12(23)9(20)5-16)4-8(19)14(25-2)13(24)10(21)6-17/h7-14,16-24H,3-6H2,1-2H3/t7?,8-,9+,10?,11+,12?,13+,14+/m0/s1. The molecule has 0 rings (SSSR count). The smallest absolute Gasteiger partial charge is 0.113 e. The number of likely N-dealkylation sites (N-methyl/N-ethyl adjacent to an activating group) is 1. The highest BCUT2D eigenvalue weighted by atomic mass is 16.5. The lowest BCUT2D eigenvalue weighted by molar-refractivity contribution is -0.137. The van der Waals surface area contributed by atoms with Crippen LogP contribution in [0.3, 0.4) is 0 Å². The van der Waals surface area contributed by atoms with E-state index in [1.165, 1.54) is 19.1 Å². The first-order valence-electron chi connectivity index (χ1n) is 7.80. The lowest BCUT2D eigenvalue weighted by Crippen LogP contribution is -2.52. The molecule has 0 heterocycles. The Balaban J connectivity index is 4.63. The van der Waals surface area contributed by atoms with Crippen molar-refractivity contribution < 1.29 is 50.7 Å². The number of aliphatic hydroxyl groups is 9. The first-order valence-corrected chi connectivity index (χ1v) is 7.80. The quantitative estimate of drug-likeness (QED) is 0.149. The van der Waals surface area contributed by atoms with Crippen LogP contribution >= 0.6 is 0 Å². The Morgan fingerprint density at radius 1 is 0.680 bits per heavy atom. The number of hydrogen-bond acceptors (Lipinski definition) is 11. The fourth-order valence-corrected chi connectivity index (χ4v) is 2.34. The first-order chi connectivity index (χ1) is 11.6. The van der Waals surface area contributed by atoms with Crippen molar-refractivity contribution in [2.24, 2.45) is 0 Å². The number of methoxy groups -OCH3 is 1. The molecule has 0 fully saturated rings. The summed E-state index contributed by atoms with van der Waals surface area (Å²) in [4.78, 5) is 1.36. The van der Waals surface area contributed by atoms with E-state index in [1.807, 2.05) is 0 Å². The third-order valence-corrected chi connectivity index (χ3v) is 3.89. The highest BCUT2D eigenvalue weighted by molar-refractivity contribution is 4.85. The molecule has 0 aromatic carbocycles. The van der Waals surface area contributed by atoms with E-state index in [-0.39, 0.29) is 13.1 Å². The third-order valence-electron chi connectivity index (χ3n) is 3.89. The molecule has 9 N–H and O–H groups in total. The van der Waals surface area contributed by atoms with Gasteiger partial charge < -0.3 is 55.6 Å². The van der Waals surface area contributed by atoms with Crippen LogP contribution in [0, 0.1) is 0 Å². The predicted molar refractivity (Wildman–Crippen MR) is 84.5 cm³/mol. The van der Waals surface area contributed by atoms with E-state index in [1.54, 1.807) is 0 Å². The molecule has 0 aliphatic carbocycles. The lowest BCUT2D eigenvalue weighted by Gasteiger charge is -2.33. The summed E-state index contributed by atoms with van der Waals surface area (Å²) in [5.74, 6) is 0. The number of rotatable bonds is 13. The predicted octanol–water partition coefficient (Wildman–Crippen LogP) is -5.56. The molecular weight excluding hydrogens is 342 g/mol. The topological polar surface area (TPSA) is 195 Å². The highest BCUT2D eigenvalue weighted by Crippen LogP contribution is 2.11. The molecule has 0 bridgehead atoms. The SMILES string of the molecule is CO[C@@H]([C@H](O)C(O)CO)[C@@H](O)CN(C)CC(O)[C@@H](O)C(O)[C@H](O)CO. The molecule has 11 nitrogen and oxygen atoms in total. The van der Waals surface area contributed by atoms with Crippen LogP contribution in [-0.2, 0) is 4.74 Å². The molecule has 0 spiro atoms. The monoisotopic (exact) mass is 373 g/mol. The summed E-state index contributed by atoms with van der Waals surface area (Å²) >= 11 is 0. The van der Waals surface area contributed by atoms with Crippen LogP contribution in [0.4, 0.5) is 0 Å². The van der Waals surface area contributed by atoms with Crippen molar-refractivity contribution in [3.8, 4) is 0 Å². The Hall–Kier alpha value is -0.440. The van der Waals surface area contributed by atoms with Crippen molar-refractivity contribution in [2.75, 3.05) is 40.5 Å². The van der Waals surface area contributed by atoms with Gasteiger partial charge in [-0.05, 0) is 7.05 Å². The molecule has 0 aliphatic heterocycles. The van der Waals surface area contributed by atoms with Crippen LogP contribution in [0.15, 0.2) is 0 Å². The van der Waals surface area contributed by atoms with Gasteiger partial charge in [-0.2, -0.15) is 0 Å². The van der Waals surface area contributed by atoms with Gasteiger partial charge in [-0.1, -0.05) is 0 Å². The summed E-state index contributed by atoms with van der Waals surface area (Å²) in [7, 11) is 2.67. The Morgan fingerprint density at radius 3 is 1.52 bits per heavy atom. The average molecular weight is 373 g/mol. The zero-order valence-electron chi connectivity index (χ0n) is 14.3. The fourth-order valence-electron chi connectivity index (χ4n) is 2.34. The van der Waals surface area contributed by atoms with Gasteiger partial charge in [0.1, 0.15) is 36.6 Å². The van der Waals surface area contributed by atoms with Crippen LogP contribution in [0.25, 0.3) is 0 Å². The lowest BCUT2D eigenvalue weighted by atomic mass is 10.0. The molecule has 152 valence electrons. The zero-order valence-corrected chi connectivity index (χ0v) is 14.3. The molecule has 25 heavy (non-hydrogen) atoms. The van der Waals surface area contributed by atoms with Gasteiger partial charge in [0.25, 0.3) is 0 Å². The molecule has 8 atom stereocenters. The maximum Gasteiger partial charge on any atom is 0.113 e. The molecule has 0 aromatic heterocycles. The second kappa shape index (κ2) is 12.0. The van der Waals surface area contributed by atoms with E-state index in [9.17, 15) is 35.7 Å². The second-order valence-corrected chi connectivity index (χ2v) is 6.03. The molecule has 0 saturated carbocycles. The van der Waals surface area contributed by atoms with Gasteiger partial charge in [0.15, 0.2) is 0 Å². The third kappa shape index (κ3) is 7.76. The Kier molecular flexibility index (Phi) is 11.8. The Morgan fingerprint density at radius 2 is 1.08 bits per heavy atom. The number of aliphatic hydroxyl groups excluding tert-OH is 9. The Labute approximate surface area is 146 Å². The fraction of sp³-hybridized carbons (Fsp3) is 1.00. The maximum absolute atomic E-state index is 10.1. The van der Waals surface area contributed by atoms with E-state index in [2.05, 4.69) is 0 Å². The van der Waals surface area contributed by atoms with E-state index >= 15 is 0 Å². The summed E-state index contributed by atoms with van der Waals surface area (Å²) in [6, 6.07) is 0. The van der Waals surface area contributed by atoms with Gasteiger partial charge in [0.2, 0.25) is 0 Å². The normalized spacial score (nSPS) is 22.1. The molecule has 0 aromatic rings. The van der Waals surface area contributed by atoms with Crippen LogP contribution in [0.1, 0.15) is 0 Å². The summed E-state index contributed by atoms with van der Waals surface area (Å²) in [6.07, 6.45) is -12.2. The molecule has 0 radical (unpaired) electrons. The summed E-state index contributed by atoms with van der Waals surface area (Å²) in [6.45, 7) is -1.88. The number of hydrogen-bond donors (Lipinski definition) is 9. The first kappa shape index (κ1) is 24.6. The molecule has 3 unspecified atom stereocenters. The van der Waals surface area contributed by atoms with Gasteiger partial charge >= 0.3 is 0 Å². The van der Waals surface area contributed by atoms with Gasteiger partial charge in [-0.15, -0.1) is 0 Å². The van der Waals surface area contributed by atoms with Gasteiger partial charge in [0.05, 0.1) is 25.4 Å². The average Bonchev–Trinajstić information content (AvgIpc) is 2.58. The van der Waals surface area contributed by atoms with Crippen molar-refractivity contribution in [3.63, 3.8) is 0 Å². The summed E-state index contributed by atoms with van der Waals surface area (Å²) in [5, 5.41) is 85.3. The van der Waals surface area contributed by atoms with Gasteiger partial charge in [-0.3, -0.25) is 0 Å². The summed E-state index contributed by atoms with van der Waals surface area (Å²) in [5.41, 5.74) is 0. The Bertz CT molecular complexity index is 350. The molecule has 0 amide bonds. The highest BCUT2D eigenvalue weighted by Gasteiger charge is 2.34. The van der Waals surface area contributed by atoms with Gasteiger partial charge in [-0.25, -0.2) is 0 Å². The number of ether oxygens (including phenoxy) is 1. The van der Waals surface area contributed by atoms with Crippen molar-refractivity contribution in [1.82, 2.24) is 4.90 Å². The van der Waals surface area contributed by atoms with E-state index in [4.69, 9.17) is 14.9 Å². The van der Waals surface area contributed by atoms with Crippen LogP contribution in [-0.4, -0.2) is 140 Å². The summed E-state index contributed by atoms with van der Waals surface area (Å²) < 4.78 is 4.92. The van der Waals surface area contributed by atoms with Crippen LogP contribution < -0.4 is 0 Å². The number of nitrogens with zero attached hydrogens (tertiary/aromatic N) is 1. The second-order valence-electron chi connectivity index (χ2n) is 6.03. The minimum atomic E-state index is -1.76. The van der Waals surface area contributed by atoms with E-state index in [0.29, 0.717) is 0 Å². The minimum absolute atomic E-state index is 0.143. The van der Waals surface area contributed by atoms with Crippen molar-refractivity contribution in [1.29, 1.82) is 0 Å². The molecule has 11 heteroatoms.